The largest absolute Gasteiger partial charge is 0.496 e. The summed E-state index contributed by atoms with van der Waals surface area (Å²) >= 11 is 0. The van der Waals surface area contributed by atoms with E-state index in [1.165, 1.54) is 10.1 Å². The average molecular weight is 739 g/mol. The van der Waals surface area contributed by atoms with Gasteiger partial charge in [-0.2, -0.15) is 5.10 Å². The zero-order valence-electron chi connectivity index (χ0n) is 31.4. The van der Waals surface area contributed by atoms with E-state index in [2.05, 4.69) is 37.9 Å². The second kappa shape index (κ2) is 17.7. The van der Waals surface area contributed by atoms with Crippen molar-refractivity contribution in [1.82, 2.24) is 25.0 Å². The van der Waals surface area contributed by atoms with E-state index < -0.39 is 0 Å². The summed E-state index contributed by atoms with van der Waals surface area (Å²) in [6.45, 7) is 2.60. The van der Waals surface area contributed by atoms with Crippen LogP contribution in [0.4, 0.5) is 5.69 Å². The number of ketones is 3. The first-order chi connectivity index (χ1) is 26.1. The molecule has 0 spiro atoms. The third kappa shape index (κ3) is 9.25. The zero-order valence-corrected chi connectivity index (χ0v) is 31.4. The van der Waals surface area contributed by atoms with Crippen molar-refractivity contribution < 1.29 is 28.7 Å². The van der Waals surface area contributed by atoms with Crippen molar-refractivity contribution in [3.05, 3.63) is 70.3 Å². The molecule has 6 rings (SSSR count). The maximum atomic E-state index is 12.7. The number of amides is 1. The van der Waals surface area contributed by atoms with Crippen LogP contribution in [0, 0.1) is 0 Å². The summed E-state index contributed by atoms with van der Waals surface area (Å²) in [5, 5.41) is 13.8. The number of carbonyl (C=O) groups excluding carboxylic acids is 4. The maximum absolute atomic E-state index is 12.7. The van der Waals surface area contributed by atoms with Gasteiger partial charge in [0.1, 0.15) is 28.6 Å². The molecule has 2 aliphatic rings. The summed E-state index contributed by atoms with van der Waals surface area (Å²) in [6.07, 6.45) is 8.89. The van der Waals surface area contributed by atoms with Gasteiger partial charge in [-0.25, -0.2) is 0 Å². The first-order valence-electron chi connectivity index (χ1n) is 18.8. The Morgan fingerprint density at radius 3 is 2.37 bits per heavy atom. The van der Waals surface area contributed by atoms with Crippen LogP contribution < -0.4 is 25.7 Å². The highest BCUT2D eigenvalue weighted by atomic mass is 16.5. The van der Waals surface area contributed by atoms with Gasteiger partial charge in [-0.15, -0.1) is 0 Å². The lowest BCUT2D eigenvalue weighted by Gasteiger charge is -2.32. The summed E-state index contributed by atoms with van der Waals surface area (Å²) in [6, 6.07) is 11.8. The number of aromatic amines is 1. The van der Waals surface area contributed by atoms with Crippen LogP contribution in [0.25, 0.3) is 22.0 Å². The second-order valence-corrected chi connectivity index (χ2v) is 14.4. The van der Waals surface area contributed by atoms with E-state index in [4.69, 9.17) is 9.47 Å². The fourth-order valence-electron chi connectivity index (χ4n) is 7.63. The molecule has 1 saturated carbocycles. The van der Waals surface area contributed by atoms with Crippen LogP contribution in [-0.2, 0) is 32.6 Å². The van der Waals surface area contributed by atoms with Gasteiger partial charge in [0, 0.05) is 61.3 Å². The number of rotatable bonds is 16. The summed E-state index contributed by atoms with van der Waals surface area (Å²) in [5.74, 6) is 1.81. The summed E-state index contributed by atoms with van der Waals surface area (Å²) in [4.78, 5) is 63.8. The average Bonchev–Trinajstić information content (AvgIpc) is 3.67. The molecule has 2 aromatic carbocycles. The van der Waals surface area contributed by atoms with Crippen molar-refractivity contribution in [2.24, 2.45) is 7.05 Å². The van der Waals surface area contributed by atoms with Gasteiger partial charge >= 0.3 is 0 Å². The van der Waals surface area contributed by atoms with E-state index in [1.54, 1.807) is 33.7 Å². The number of methoxy groups -OCH3 is 2. The molecule has 0 bridgehead atoms. The van der Waals surface area contributed by atoms with Gasteiger partial charge in [0.05, 0.1) is 39.4 Å². The monoisotopic (exact) mass is 738 g/mol. The van der Waals surface area contributed by atoms with Crippen LogP contribution in [0.2, 0.25) is 0 Å². The van der Waals surface area contributed by atoms with Crippen molar-refractivity contribution in [2.75, 3.05) is 45.7 Å². The Balaban J connectivity index is 0.888. The number of hydrogen-bond acceptors (Lipinski definition) is 10. The van der Waals surface area contributed by atoms with Gasteiger partial charge in [-0.1, -0.05) is 12.1 Å². The summed E-state index contributed by atoms with van der Waals surface area (Å²) in [7, 11) is 4.89. The van der Waals surface area contributed by atoms with Gasteiger partial charge in [0.25, 0.3) is 5.56 Å². The van der Waals surface area contributed by atoms with E-state index in [0.717, 1.165) is 48.3 Å². The number of carbonyl (C=O) groups is 4. The summed E-state index contributed by atoms with van der Waals surface area (Å²) < 4.78 is 13.0. The zero-order chi connectivity index (χ0) is 38.2. The fourth-order valence-corrected chi connectivity index (χ4v) is 7.63. The number of pyridine rings is 1. The second-order valence-electron chi connectivity index (χ2n) is 14.4. The molecule has 286 valence electrons. The predicted octanol–water partition coefficient (Wildman–Crippen LogP) is 4.72. The molecule has 3 N–H and O–H groups in total. The lowest BCUT2D eigenvalue weighted by Crippen LogP contribution is -2.37. The molecule has 4 aromatic rings. The van der Waals surface area contributed by atoms with Crippen molar-refractivity contribution in [3.63, 3.8) is 0 Å². The molecule has 54 heavy (non-hydrogen) atoms. The number of aryl methyl sites for hydroxylation is 1. The topological polar surface area (TPSA) is 165 Å². The number of hydrogen-bond donors (Lipinski definition) is 3. The lowest BCUT2D eigenvalue weighted by molar-refractivity contribution is -0.130. The Labute approximate surface area is 314 Å². The minimum Gasteiger partial charge on any atom is -0.496 e. The van der Waals surface area contributed by atoms with Gasteiger partial charge in [0.15, 0.2) is 5.78 Å². The number of benzene rings is 2. The van der Waals surface area contributed by atoms with Crippen LogP contribution in [0.3, 0.4) is 0 Å². The van der Waals surface area contributed by atoms with Crippen LogP contribution in [0.1, 0.15) is 74.8 Å². The van der Waals surface area contributed by atoms with Gasteiger partial charge in [-0.3, -0.25) is 34.0 Å². The van der Waals surface area contributed by atoms with Crippen molar-refractivity contribution >= 4 is 39.8 Å². The molecule has 13 heteroatoms. The molecule has 13 nitrogen and oxygen atoms in total. The normalized spacial score (nSPS) is 16.8. The van der Waals surface area contributed by atoms with E-state index in [0.29, 0.717) is 86.4 Å². The summed E-state index contributed by atoms with van der Waals surface area (Å²) in [5.41, 5.74) is 4.91. The molecule has 1 aliphatic carbocycles. The first kappa shape index (κ1) is 38.4. The SMILES string of the molecule is COc1cc(-c2cn(C)c(=O)c3[nH]ncc23)cc(OC)c1CCCC(=O)NCCCC(=O)CN1CCC(c2ccc(NC3CCC(=O)CC3=O)cc2)CC1. The fraction of sp³-hybridized carbons (Fsp3) is 0.463. The number of Topliss-reactive ketones (excluding diaryl/α,β-unsaturated/α-hetero) is 3. The van der Waals surface area contributed by atoms with E-state index >= 15 is 0 Å². The van der Waals surface area contributed by atoms with E-state index in [9.17, 15) is 24.0 Å². The number of ether oxygens (including phenoxy) is 2. The first-order valence-corrected chi connectivity index (χ1v) is 18.8. The molecule has 1 unspecified atom stereocenters. The standard InChI is InChI=1S/C41H50N6O7/c1-46-25-34(33-23-43-45-40(33)41(46)52)28-20-37(53-2)32(38(21-28)54-3)7-4-8-39(51)42-17-5-6-31(49)24-47-18-15-27(16-19-47)26-9-11-29(12-10-26)44-35-14-13-30(48)22-36(35)50/h9-12,20-21,23,25,27,35,44H,4-8,13-19,22,24H2,1-3H3,(H,42,51)(H,43,45). The molecule has 1 amide bonds. The molecule has 2 aromatic heterocycles. The highest BCUT2D eigenvalue weighted by molar-refractivity contribution is 6.05. The predicted molar refractivity (Wildman–Crippen MR) is 206 cm³/mol. The van der Waals surface area contributed by atoms with Crippen LogP contribution in [-0.4, -0.2) is 89.4 Å². The molecule has 0 radical (unpaired) electrons. The van der Waals surface area contributed by atoms with Crippen molar-refractivity contribution in [1.29, 1.82) is 0 Å². The molecule has 2 fully saturated rings. The number of nitrogens with zero attached hydrogens (tertiary/aromatic N) is 3. The number of H-pyrrole nitrogens is 1. The Kier molecular flexibility index (Phi) is 12.6. The Bertz CT molecular complexity index is 2020. The van der Waals surface area contributed by atoms with E-state index in [1.807, 2.05) is 24.3 Å². The number of piperidine rings is 1. The molecule has 1 saturated heterocycles. The highest BCUT2D eigenvalue weighted by Gasteiger charge is 2.27. The Hall–Kier alpha value is -5.30. The van der Waals surface area contributed by atoms with Gasteiger partial charge in [-0.05, 0) is 92.9 Å². The minimum atomic E-state index is -0.293. The Morgan fingerprint density at radius 2 is 1.69 bits per heavy atom. The molecule has 1 aliphatic heterocycles. The van der Waals surface area contributed by atoms with Crippen LogP contribution >= 0.6 is 0 Å². The van der Waals surface area contributed by atoms with Crippen molar-refractivity contribution in [3.8, 4) is 22.6 Å². The van der Waals surface area contributed by atoms with Gasteiger partial charge < -0.3 is 24.7 Å². The number of anilines is 1. The van der Waals surface area contributed by atoms with Crippen molar-refractivity contribution in [2.45, 2.75) is 76.2 Å². The molecular formula is C41H50N6O7. The number of aromatic nitrogens is 3. The minimum absolute atomic E-state index is 0.0239. The Morgan fingerprint density at radius 1 is 0.963 bits per heavy atom. The smallest absolute Gasteiger partial charge is 0.276 e. The highest BCUT2D eigenvalue weighted by Crippen LogP contribution is 2.38. The number of nitrogens with one attached hydrogen (secondary N) is 3. The quantitative estimate of drug-likeness (QED) is 0.108. The molecule has 3 heterocycles. The van der Waals surface area contributed by atoms with Crippen LogP contribution in [0.5, 0.6) is 11.5 Å². The third-order valence-electron chi connectivity index (χ3n) is 10.7. The third-order valence-corrected chi connectivity index (χ3v) is 10.7. The lowest BCUT2D eigenvalue weighted by atomic mass is 9.89. The molecular weight excluding hydrogens is 688 g/mol. The van der Waals surface area contributed by atoms with Gasteiger partial charge in [0.2, 0.25) is 5.91 Å². The number of fused-ring (bicyclic) bond motifs is 1. The number of likely N-dealkylation sites (tertiary alicyclic amines) is 1. The van der Waals surface area contributed by atoms with Crippen LogP contribution in [0.15, 0.2) is 53.6 Å². The molecule has 1 atom stereocenters. The van der Waals surface area contributed by atoms with E-state index in [-0.39, 0.29) is 41.3 Å². The maximum Gasteiger partial charge on any atom is 0.276 e.